The minimum absolute atomic E-state index is 0.0270. The maximum atomic E-state index is 13.1. The summed E-state index contributed by atoms with van der Waals surface area (Å²) >= 11 is 0. The van der Waals surface area contributed by atoms with E-state index in [2.05, 4.69) is 55.4 Å². The van der Waals surface area contributed by atoms with E-state index in [1.54, 1.807) is 6.92 Å². The third-order valence-electron chi connectivity index (χ3n) is 5.49. The van der Waals surface area contributed by atoms with Gasteiger partial charge >= 0.3 is 18.0 Å². The lowest BCUT2D eigenvalue weighted by molar-refractivity contribution is -0.148. The van der Waals surface area contributed by atoms with E-state index in [-0.39, 0.29) is 24.7 Å². The molecule has 0 unspecified atom stereocenters. The second-order valence-corrected chi connectivity index (χ2v) is 14.1. The Morgan fingerprint density at radius 2 is 1.73 bits per heavy atom. The lowest BCUT2D eigenvalue weighted by Gasteiger charge is -2.33. The molecule has 0 radical (unpaired) electrons. The van der Waals surface area contributed by atoms with Crippen molar-refractivity contribution in [1.82, 2.24) is 5.32 Å². The molecule has 1 aromatic carbocycles. The Morgan fingerprint density at radius 3 is 2.27 bits per heavy atom. The van der Waals surface area contributed by atoms with Gasteiger partial charge in [0.15, 0.2) is 0 Å². The van der Waals surface area contributed by atoms with Crippen LogP contribution in [0.2, 0.25) is 18.1 Å². The SMILES string of the molecule is CCOC(=O)[C@](C#C[Si](C)(C)C(C)(C)C)(C/C=C/C(=O)OC)NC(=O)OCc1ccccc1. The van der Waals surface area contributed by atoms with Gasteiger partial charge in [-0.25, -0.2) is 14.4 Å². The zero-order chi connectivity index (χ0) is 25.1. The molecule has 0 spiro atoms. The van der Waals surface area contributed by atoms with Gasteiger partial charge in [0.1, 0.15) is 14.7 Å². The number of alkyl carbamates (subject to hydrolysis) is 1. The summed E-state index contributed by atoms with van der Waals surface area (Å²) in [6.45, 7) is 12.3. The Balaban J connectivity index is 3.33. The van der Waals surface area contributed by atoms with Crippen LogP contribution in [-0.2, 0) is 30.4 Å². The van der Waals surface area contributed by atoms with Gasteiger partial charge in [-0.2, -0.15) is 0 Å². The molecular weight excluding hydrogens is 438 g/mol. The Hall–Kier alpha value is -3.05. The number of esters is 2. The van der Waals surface area contributed by atoms with Gasteiger partial charge in [0, 0.05) is 12.5 Å². The van der Waals surface area contributed by atoms with Crippen molar-refractivity contribution in [2.75, 3.05) is 13.7 Å². The van der Waals surface area contributed by atoms with E-state index in [1.165, 1.54) is 19.3 Å². The molecule has 0 aliphatic carbocycles. The molecule has 1 atom stereocenters. The van der Waals surface area contributed by atoms with Gasteiger partial charge in [-0.15, -0.1) is 5.54 Å². The monoisotopic (exact) mass is 473 g/mol. The predicted octanol–water partition coefficient (Wildman–Crippen LogP) is 4.39. The van der Waals surface area contributed by atoms with E-state index in [4.69, 9.17) is 9.47 Å². The van der Waals surface area contributed by atoms with E-state index >= 15 is 0 Å². The van der Waals surface area contributed by atoms with Crippen LogP contribution in [0.15, 0.2) is 42.5 Å². The predicted molar refractivity (Wildman–Crippen MR) is 130 cm³/mol. The molecule has 33 heavy (non-hydrogen) atoms. The molecule has 0 saturated carbocycles. The molecule has 0 bridgehead atoms. The molecule has 0 aliphatic rings. The molecule has 0 saturated heterocycles. The van der Waals surface area contributed by atoms with Crippen LogP contribution in [0.4, 0.5) is 4.79 Å². The number of hydrogen-bond donors (Lipinski definition) is 1. The summed E-state index contributed by atoms with van der Waals surface area (Å²) < 4.78 is 15.2. The van der Waals surface area contributed by atoms with Crippen LogP contribution in [0.3, 0.4) is 0 Å². The number of rotatable bonds is 8. The van der Waals surface area contributed by atoms with Gasteiger partial charge in [-0.1, -0.05) is 76.2 Å². The summed E-state index contributed by atoms with van der Waals surface area (Å²) in [6, 6.07) is 9.17. The summed E-state index contributed by atoms with van der Waals surface area (Å²) in [6.07, 6.45) is 1.70. The molecule has 0 aliphatic heterocycles. The van der Waals surface area contributed by atoms with Crippen LogP contribution in [0, 0.1) is 11.5 Å². The summed E-state index contributed by atoms with van der Waals surface area (Å²) in [5.74, 6) is 1.70. The van der Waals surface area contributed by atoms with Crippen molar-refractivity contribution in [3.63, 3.8) is 0 Å². The van der Waals surface area contributed by atoms with Crippen molar-refractivity contribution in [3.05, 3.63) is 48.0 Å². The maximum Gasteiger partial charge on any atom is 0.409 e. The third kappa shape index (κ3) is 8.77. The van der Waals surface area contributed by atoms with Crippen LogP contribution in [0.1, 0.15) is 39.7 Å². The molecule has 1 rings (SSSR count). The van der Waals surface area contributed by atoms with Crippen LogP contribution in [0.25, 0.3) is 0 Å². The van der Waals surface area contributed by atoms with Crippen LogP contribution in [-0.4, -0.2) is 45.4 Å². The van der Waals surface area contributed by atoms with E-state index in [9.17, 15) is 14.4 Å². The van der Waals surface area contributed by atoms with Crippen molar-refractivity contribution in [2.24, 2.45) is 0 Å². The molecule has 1 amide bonds. The van der Waals surface area contributed by atoms with Crippen molar-refractivity contribution in [2.45, 2.75) is 64.4 Å². The van der Waals surface area contributed by atoms with Crippen LogP contribution in [0.5, 0.6) is 0 Å². The average Bonchev–Trinajstić information content (AvgIpc) is 2.76. The summed E-state index contributed by atoms with van der Waals surface area (Å²) in [5, 5.41) is 2.54. The summed E-state index contributed by atoms with van der Waals surface area (Å²) in [7, 11) is -0.899. The first-order chi connectivity index (χ1) is 15.4. The van der Waals surface area contributed by atoms with Crippen molar-refractivity contribution >= 4 is 26.1 Å². The Bertz CT molecular complexity index is 908. The molecule has 1 aromatic rings. The largest absolute Gasteiger partial charge is 0.466 e. The standard InChI is InChI=1S/C25H35NO6Si/c1-8-31-22(28)25(16-12-15-21(27)30-5,17-18-33(6,7)24(2,3)4)26-23(29)32-19-20-13-10-9-11-14-20/h9-15H,8,16,19H2,1-7H3,(H,26,29)/b15-12+/t25-/m1/s1. The van der Waals surface area contributed by atoms with Crippen molar-refractivity contribution in [3.8, 4) is 11.5 Å². The van der Waals surface area contributed by atoms with Crippen LogP contribution >= 0.6 is 0 Å². The van der Waals surface area contributed by atoms with Crippen molar-refractivity contribution in [1.29, 1.82) is 0 Å². The molecular formula is C25H35NO6Si. The van der Waals surface area contributed by atoms with Gasteiger partial charge < -0.3 is 14.2 Å². The Labute approximate surface area is 197 Å². The first-order valence-electron chi connectivity index (χ1n) is 10.8. The quantitative estimate of drug-likeness (QED) is 0.198. The third-order valence-corrected chi connectivity index (χ3v) is 9.99. The van der Waals surface area contributed by atoms with E-state index in [0.29, 0.717) is 0 Å². The lowest BCUT2D eigenvalue weighted by Crippen LogP contribution is -2.55. The highest BCUT2D eigenvalue weighted by atomic mass is 28.3. The van der Waals surface area contributed by atoms with Gasteiger partial charge in [0.25, 0.3) is 0 Å². The highest BCUT2D eigenvalue weighted by molar-refractivity contribution is 6.87. The minimum atomic E-state index is -2.15. The molecule has 0 heterocycles. The number of amides is 1. The van der Waals surface area contributed by atoms with Gasteiger partial charge in [-0.3, -0.25) is 5.32 Å². The molecule has 0 fully saturated rings. The number of methoxy groups -OCH3 is 1. The number of carbonyl (C=O) groups excluding carboxylic acids is 3. The maximum absolute atomic E-state index is 13.1. The molecule has 1 N–H and O–H groups in total. The number of nitrogens with one attached hydrogen (secondary N) is 1. The van der Waals surface area contributed by atoms with E-state index in [1.807, 2.05) is 30.3 Å². The van der Waals surface area contributed by atoms with E-state index in [0.717, 1.165) is 5.56 Å². The topological polar surface area (TPSA) is 90.9 Å². The number of carbonyl (C=O) groups is 3. The first kappa shape index (κ1) is 28.0. The first-order valence-corrected chi connectivity index (χ1v) is 13.8. The van der Waals surface area contributed by atoms with E-state index < -0.39 is 31.6 Å². The smallest absolute Gasteiger partial charge is 0.409 e. The van der Waals surface area contributed by atoms with Crippen molar-refractivity contribution < 1.29 is 28.6 Å². The fourth-order valence-corrected chi connectivity index (χ4v) is 3.26. The fourth-order valence-electron chi connectivity index (χ4n) is 2.36. The zero-order valence-electron chi connectivity index (χ0n) is 20.6. The molecule has 0 aromatic heterocycles. The highest BCUT2D eigenvalue weighted by Gasteiger charge is 2.41. The highest BCUT2D eigenvalue weighted by Crippen LogP contribution is 2.35. The number of benzene rings is 1. The zero-order valence-corrected chi connectivity index (χ0v) is 21.6. The second kappa shape index (κ2) is 12.3. The summed E-state index contributed by atoms with van der Waals surface area (Å²) in [4.78, 5) is 37.3. The Kier molecular flexibility index (Phi) is 10.4. The Morgan fingerprint density at radius 1 is 1.09 bits per heavy atom. The van der Waals surface area contributed by atoms with Gasteiger partial charge in [0.2, 0.25) is 5.54 Å². The lowest BCUT2D eigenvalue weighted by atomic mass is 9.96. The number of hydrogen-bond acceptors (Lipinski definition) is 6. The minimum Gasteiger partial charge on any atom is -0.466 e. The normalized spacial score (nSPS) is 13.3. The van der Waals surface area contributed by atoms with Crippen LogP contribution < -0.4 is 5.32 Å². The second-order valence-electron chi connectivity index (χ2n) is 9.07. The molecule has 180 valence electrons. The molecule has 8 heteroatoms. The fraction of sp³-hybridized carbons (Fsp3) is 0.480. The molecule has 7 nitrogen and oxygen atoms in total. The average molecular weight is 474 g/mol. The van der Waals surface area contributed by atoms with Gasteiger partial charge in [-0.05, 0) is 17.5 Å². The number of ether oxygens (including phenoxy) is 3. The summed E-state index contributed by atoms with van der Waals surface area (Å²) in [5.41, 5.74) is 2.36. The van der Waals surface area contributed by atoms with Gasteiger partial charge in [0.05, 0.1) is 13.7 Å².